The normalized spacial score (nSPS) is 20.1. The van der Waals surface area contributed by atoms with Gasteiger partial charge in [0.05, 0.1) is 12.1 Å². The number of carbonyl (C=O) groups is 1. The molecule has 0 heterocycles. The van der Waals surface area contributed by atoms with Crippen molar-refractivity contribution in [3.05, 3.63) is 64.7 Å². The monoisotopic (exact) mass is 283 g/mol. The number of aliphatic hydroxyl groups excluding tert-OH is 1. The zero-order chi connectivity index (χ0) is 15.0. The van der Waals surface area contributed by atoms with Crippen molar-refractivity contribution in [3.8, 4) is 5.75 Å². The number of hydrogen-bond donors (Lipinski definition) is 3. The molecule has 1 aliphatic carbocycles. The Morgan fingerprint density at radius 2 is 2.00 bits per heavy atom. The van der Waals surface area contributed by atoms with E-state index in [1.807, 2.05) is 24.3 Å². The summed E-state index contributed by atoms with van der Waals surface area (Å²) in [6.45, 7) is 1.77. The summed E-state index contributed by atoms with van der Waals surface area (Å²) >= 11 is 0. The fraction of sp³-hybridized carbons (Fsp3) is 0.235. The maximum absolute atomic E-state index is 12.4. The number of fused-ring (bicyclic) bond motifs is 1. The van der Waals surface area contributed by atoms with Crippen molar-refractivity contribution < 1.29 is 15.0 Å². The molecule has 0 aromatic heterocycles. The molecule has 0 radical (unpaired) electrons. The summed E-state index contributed by atoms with van der Waals surface area (Å²) in [5.41, 5.74) is 3.24. The highest BCUT2D eigenvalue weighted by molar-refractivity contribution is 5.96. The standard InChI is InChI=1S/C17H17NO3/c1-10-8-12(19)6-7-13(10)17(21)18-16-14-5-3-2-4-11(14)9-15(16)20/h2-8,15-16,19-20H,9H2,1H3,(H,18,21)/t15-,16+/m1/s1. The highest BCUT2D eigenvalue weighted by atomic mass is 16.3. The second-order valence-electron chi connectivity index (χ2n) is 5.42. The molecule has 1 aliphatic rings. The number of aromatic hydroxyl groups is 1. The van der Waals surface area contributed by atoms with E-state index < -0.39 is 6.10 Å². The number of aliphatic hydroxyl groups is 1. The van der Waals surface area contributed by atoms with Crippen LogP contribution in [-0.4, -0.2) is 22.2 Å². The van der Waals surface area contributed by atoms with Gasteiger partial charge in [0, 0.05) is 12.0 Å². The predicted octanol–water partition coefficient (Wildman–Crippen LogP) is 2.09. The van der Waals surface area contributed by atoms with Crippen molar-refractivity contribution in [1.29, 1.82) is 0 Å². The van der Waals surface area contributed by atoms with Gasteiger partial charge in [-0.3, -0.25) is 4.79 Å². The van der Waals surface area contributed by atoms with Crippen molar-refractivity contribution in [2.24, 2.45) is 0 Å². The Labute approximate surface area is 123 Å². The number of amides is 1. The molecule has 108 valence electrons. The van der Waals surface area contributed by atoms with Gasteiger partial charge in [0.25, 0.3) is 5.91 Å². The molecule has 4 heteroatoms. The summed E-state index contributed by atoms with van der Waals surface area (Å²) in [6.07, 6.45) is -0.0563. The highest BCUT2D eigenvalue weighted by Crippen LogP contribution is 2.31. The van der Waals surface area contributed by atoms with Crippen LogP contribution in [0.15, 0.2) is 42.5 Å². The molecule has 3 rings (SSSR count). The third-order valence-electron chi connectivity index (χ3n) is 3.95. The van der Waals surface area contributed by atoms with Crippen molar-refractivity contribution in [2.45, 2.75) is 25.5 Å². The molecule has 2 aromatic carbocycles. The first-order valence-electron chi connectivity index (χ1n) is 6.92. The second-order valence-corrected chi connectivity index (χ2v) is 5.42. The molecule has 21 heavy (non-hydrogen) atoms. The Morgan fingerprint density at radius 1 is 1.24 bits per heavy atom. The largest absolute Gasteiger partial charge is 0.508 e. The Balaban J connectivity index is 1.85. The SMILES string of the molecule is Cc1cc(O)ccc1C(=O)N[C@H]1c2ccccc2C[C@H]1O. The van der Waals surface area contributed by atoms with E-state index in [2.05, 4.69) is 5.32 Å². The minimum atomic E-state index is -0.608. The molecule has 0 bridgehead atoms. The van der Waals surface area contributed by atoms with Gasteiger partial charge in [0.2, 0.25) is 0 Å². The van der Waals surface area contributed by atoms with Gasteiger partial charge in [0.1, 0.15) is 5.75 Å². The fourth-order valence-electron chi connectivity index (χ4n) is 2.87. The fourth-order valence-corrected chi connectivity index (χ4v) is 2.87. The first-order chi connectivity index (χ1) is 10.1. The summed E-state index contributed by atoms with van der Waals surface area (Å²) in [5, 5.41) is 22.5. The van der Waals surface area contributed by atoms with Crippen LogP contribution in [0.1, 0.15) is 33.1 Å². The van der Waals surface area contributed by atoms with E-state index in [4.69, 9.17) is 0 Å². The summed E-state index contributed by atoms with van der Waals surface area (Å²) < 4.78 is 0. The number of nitrogens with one attached hydrogen (secondary N) is 1. The minimum absolute atomic E-state index is 0.135. The van der Waals surface area contributed by atoms with E-state index in [1.54, 1.807) is 19.1 Å². The maximum Gasteiger partial charge on any atom is 0.252 e. The van der Waals surface area contributed by atoms with Crippen LogP contribution in [0.4, 0.5) is 0 Å². The van der Waals surface area contributed by atoms with Gasteiger partial charge in [-0.2, -0.15) is 0 Å². The number of carbonyl (C=O) groups excluding carboxylic acids is 1. The molecular formula is C17H17NO3. The lowest BCUT2D eigenvalue weighted by molar-refractivity contribution is 0.0857. The lowest BCUT2D eigenvalue weighted by Gasteiger charge is -2.18. The Bertz CT molecular complexity index is 696. The molecule has 2 atom stereocenters. The number of rotatable bonds is 2. The van der Waals surface area contributed by atoms with Crippen molar-refractivity contribution >= 4 is 5.91 Å². The van der Waals surface area contributed by atoms with Crippen molar-refractivity contribution in [3.63, 3.8) is 0 Å². The lowest BCUT2D eigenvalue weighted by Crippen LogP contribution is -2.34. The molecule has 0 aliphatic heterocycles. The molecule has 2 aromatic rings. The van der Waals surface area contributed by atoms with Crippen LogP contribution in [0.3, 0.4) is 0 Å². The van der Waals surface area contributed by atoms with Crippen LogP contribution in [0.5, 0.6) is 5.75 Å². The molecular weight excluding hydrogens is 266 g/mol. The Kier molecular flexibility index (Phi) is 3.39. The highest BCUT2D eigenvalue weighted by Gasteiger charge is 2.32. The van der Waals surface area contributed by atoms with Gasteiger partial charge in [-0.15, -0.1) is 0 Å². The summed E-state index contributed by atoms with van der Waals surface area (Å²) in [5.74, 6) is -0.108. The van der Waals surface area contributed by atoms with Crippen LogP contribution in [-0.2, 0) is 6.42 Å². The van der Waals surface area contributed by atoms with Gasteiger partial charge >= 0.3 is 0 Å². The molecule has 4 nitrogen and oxygen atoms in total. The first-order valence-corrected chi connectivity index (χ1v) is 6.92. The average Bonchev–Trinajstić information content (AvgIpc) is 2.75. The number of hydrogen-bond acceptors (Lipinski definition) is 3. The minimum Gasteiger partial charge on any atom is -0.508 e. The quantitative estimate of drug-likeness (QED) is 0.790. The Morgan fingerprint density at radius 3 is 2.76 bits per heavy atom. The number of phenols is 1. The van der Waals surface area contributed by atoms with Crippen LogP contribution < -0.4 is 5.32 Å². The van der Waals surface area contributed by atoms with Gasteiger partial charge in [0.15, 0.2) is 0 Å². The van der Waals surface area contributed by atoms with Crippen molar-refractivity contribution in [1.82, 2.24) is 5.32 Å². The predicted molar refractivity (Wildman–Crippen MR) is 79.2 cm³/mol. The first kappa shape index (κ1) is 13.6. The van der Waals surface area contributed by atoms with Gasteiger partial charge < -0.3 is 15.5 Å². The van der Waals surface area contributed by atoms with Gasteiger partial charge in [-0.25, -0.2) is 0 Å². The van der Waals surface area contributed by atoms with E-state index in [0.29, 0.717) is 17.5 Å². The second kappa shape index (κ2) is 5.22. The summed E-state index contributed by atoms with van der Waals surface area (Å²) in [6, 6.07) is 12.0. The number of aryl methyl sites for hydroxylation is 1. The van der Waals surface area contributed by atoms with E-state index in [0.717, 1.165) is 11.1 Å². The van der Waals surface area contributed by atoms with E-state index in [-0.39, 0.29) is 17.7 Å². The third-order valence-corrected chi connectivity index (χ3v) is 3.95. The smallest absolute Gasteiger partial charge is 0.252 e. The average molecular weight is 283 g/mol. The molecule has 0 saturated heterocycles. The van der Waals surface area contributed by atoms with Crippen LogP contribution in [0.25, 0.3) is 0 Å². The number of benzene rings is 2. The topological polar surface area (TPSA) is 69.6 Å². The zero-order valence-corrected chi connectivity index (χ0v) is 11.7. The van der Waals surface area contributed by atoms with Crippen LogP contribution in [0.2, 0.25) is 0 Å². The van der Waals surface area contributed by atoms with Crippen molar-refractivity contribution in [2.75, 3.05) is 0 Å². The molecule has 0 spiro atoms. The third kappa shape index (κ3) is 2.50. The van der Waals surface area contributed by atoms with Gasteiger partial charge in [-0.1, -0.05) is 24.3 Å². The maximum atomic E-state index is 12.4. The molecule has 1 amide bonds. The van der Waals surface area contributed by atoms with Crippen LogP contribution >= 0.6 is 0 Å². The zero-order valence-electron chi connectivity index (χ0n) is 11.7. The van der Waals surface area contributed by atoms with E-state index in [9.17, 15) is 15.0 Å². The molecule has 0 fully saturated rings. The Hall–Kier alpha value is -2.33. The lowest BCUT2D eigenvalue weighted by atomic mass is 10.0. The number of phenolic OH excluding ortho intramolecular Hbond substituents is 1. The van der Waals surface area contributed by atoms with E-state index >= 15 is 0 Å². The van der Waals surface area contributed by atoms with E-state index in [1.165, 1.54) is 6.07 Å². The molecule has 0 unspecified atom stereocenters. The molecule has 0 saturated carbocycles. The molecule has 3 N–H and O–H groups in total. The summed E-state index contributed by atoms with van der Waals surface area (Å²) in [7, 11) is 0. The van der Waals surface area contributed by atoms with Gasteiger partial charge in [-0.05, 0) is 41.8 Å². The van der Waals surface area contributed by atoms with Crippen LogP contribution in [0, 0.1) is 6.92 Å². The summed E-state index contributed by atoms with van der Waals surface area (Å²) in [4.78, 5) is 12.4.